The lowest BCUT2D eigenvalue weighted by atomic mass is 10.1. The molecular formula is C17H25N3O2S. The van der Waals surface area contributed by atoms with Gasteiger partial charge in [-0.1, -0.05) is 16.5 Å². The number of anilines is 1. The van der Waals surface area contributed by atoms with E-state index >= 15 is 0 Å². The van der Waals surface area contributed by atoms with Crippen molar-refractivity contribution in [2.75, 3.05) is 31.1 Å². The maximum atomic E-state index is 11.8. The number of hydrogen-bond donors (Lipinski definition) is 0. The zero-order valence-corrected chi connectivity index (χ0v) is 15.1. The molecule has 1 unspecified atom stereocenters. The molecule has 1 aliphatic heterocycles. The van der Waals surface area contributed by atoms with E-state index in [2.05, 4.69) is 21.4 Å². The number of carbonyl (C=O) groups is 1. The summed E-state index contributed by atoms with van der Waals surface area (Å²) in [5, 5.41) is 0.0294. The molecule has 23 heavy (non-hydrogen) atoms. The molecule has 1 heterocycles. The highest BCUT2D eigenvalue weighted by Gasteiger charge is 2.19. The summed E-state index contributed by atoms with van der Waals surface area (Å²) in [4.78, 5) is 15.5. The Balaban J connectivity index is 2.01. The van der Waals surface area contributed by atoms with E-state index in [9.17, 15) is 9.35 Å². The highest BCUT2D eigenvalue weighted by Crippen LogP contribution is 2.18. The van der Waals surface area contributed by atoms with E-state index in [1.807, 2.05) is 37.8 Å². The van der Waals surface area contributed by atoms with Crippen molar-refractivity contribution in [1.29, 1.82) is 0 Å². The van der Waals surface area contributed by atoms with Crippen LogP contribution in [0.2, 0.25) is 0 Å². The van der Waals surface area contributed by atoms with E-state index in [1.54, 1.807) is 6.92 Å². The fraction of sp³-hybridized carbons (Fsp3) is 0.529. The van der Waals surface area contributed by atoms with Crippen molar-refractivity contribution in [2.45, 2.75) is 32.9 Å². The molecule has 5 nitrogen and oxygen atoms in total. The van der Waals surface area contributed by atoms with Crippen LogP contribution in [0.25, 0.3) is 0 Å². The first kappa shape index (κ1) is 17.8. The van der Waals surface area contributed by atoms with Gasteiger partial charge in [0.1, 0.15) is 5.25 Å². The second-order valence-corrected chi connectivity index (χ2v) is 7.72. The number of benzene rings is 1. The summed E-state index contributed by atoms with van der Waals surface area (Å²) < 4.78 is 16.1. The summed E-state index contributed by atoms with van der Waals surface area (Å²) in [5.41, 5.74) is 2.94. The first-order chi connectivity index (χ1) is 10.9. The van der Waals surface area contributed by atoms with Gasteiger partial charge in [0.2, 0.25) is 5.91 Å². The number of nitrogens with zero attached hydrogens (tertiary/aromatic N) is 3. The Morgan fingerprint density at radius 1 is 1.13 bits per heavy atom. The van der Waals surface area contributed by atoms with Gasteiger partial charge in [0.15, 0.2) is 0 Å². The molecule has 1 amide bonds. The molecule has 0 saturated carbocycles. The highest BCUT2D eigenvalue weighted by molar-refractivity contribution is 7.90. The molecule has 0 N–H and O–H groups in total. The largest absolute Gasteiger partial charge is 0.591 e. The summed E-state index contributed by atoms with van der Waals surface area (Å²) >= 11 is -1.18. The summed E-state index contributed by atoms with van der Waals surface area (Å²) in [7, 11) is 0. The van der Waals surface area contributed by atoms with Crippen LogP contribution in [-0.4, -0.2) is 52.5 Å². The van der Waals surface area contributed by atoms with Crippen molar-refractivity contribution in [3.8, 4) is 0 Å². The normalized spacial score (nSPS) is 17.6. The van der Waals surface area contributed by atoms with Crippen LogP contribution in [0.5, 0.6) is 0 Å². The van der Waals surface area contributed by atoms with Crippen LogP contribution in [0.15, 0.2) is 28.7 Å². The zero-order chi connectivity index (χ0) is 17.0. The summed E-state index contributed by atoms with van der Waals surface area (Å²) in [6, 6.07) is 8.16. The number of amides is 1. The van der Waals surface area contributed by atoms with Gasteiger partial charge in [-0.3, -0.25) is 4.79 Å². The van der Waals surface area contributed by atoms with Crippen molar-refractivity contribution in [2.24, 2.45) is 4.40 Å². The second-order valence-electron chi connectivity index (χ2n) is 6.04. The number of carbonyl (C=O) groups excluding carboxylic acids is 1. The van der Waals surface area contributed by atoms with Gasteiger partial charge in [0.25, 0.3) is 0 Å². The lowest BCUT2D eigenvalue weighted by molar-refractivity contribution is -0.129. The molecule has 1 aliphatic rings. The SMILES string of the molecule is CC(=O)N1CCN(c2ccc(/C(C)=N/[S+]([O-])C(C)C)cc2)CC1. The maximum Gasteiger partial charge on any atom is 0.219 e. The molecule has 0 radical (unpaired) electrons. The number of hydrogen-bond acceptors (Lipinski definition) is 4. The standard InChI is InChI=1S/C17H25N3O2S/c1-13(2)23(22)18-14(3)16-5-7-17(8-6-16)20-11-9-19(10-12-20)15(4)21/h5-8,13H,9-12H2,1-4H3/b18-14+. The van der Waals surface area contributed by atoms with Crippen LogP contribution in [0.3, 0.4) is 0 Å². The van der Waals surface area contributed by atoms with Gasteiger partial charge in [0, 0.05) is 44.4 Å². The second kappa shape index (κ2) is 7.84. The minimum absolute atomic E-state index is 0.0294. The predicted octanol–water partition coefficient (Wildman–Crippen LogP) is 2.24. The number of piperazine rings is 1. The molecule has 2 rings (SSSR count). The Labute approximate surface area is 141 Å². The molecule has 1 aromatic carbocycles. The Kier molecular flexibility index (Phi) is 6.07. The van der Waals surface area contributed by atoms with Crippen molar-refractivity contribution in [3.63, 3.8) is 0 Å². The third kappa shape index (κ3) is 4.72. The third-order valence-corrected chi connectivity index (χ3v) is 5.27. The van der Waals surface area contributed by atoms with E-state index in [-0.39, 0.29) is 11.2 Å². The Morgan fingerprint density at radius 3 is 2.17 bits per heavy atom. The van der Waals surface area contributed by atoms with Gasteiger partial charge in [-0.25, -0.2) is 0 Å². The van der Waals surface area contributed by atoms with Gasteiger partial charge in [0.05, 0.1) is 17.1 Å². The summed E-state index contributed by atoms with van der Waals surface area (Å²) in [6.07, 6.45) is 0. The third-order valence-electron chi connectivity index (χ3n) is 4.01. The molecular weight excluding hydrogens is 310 g/mol. The molecule has 6 heteroatoms. The monoisotopic (exact) mass is 335 g/mol. The highest BCUT2D eigenvalue weighted by atomic mass is 32.2. The molecule has 0 bridgehead atoms. The van der Waals surface area contributed by atoms with Gasteiger partial charge in [-0.05, 0) is 32.9 Å². The van der Waals surface area contributed by atoms with Crippen LogP contribution < -0.4 is 4.90 Å². The van der Waals surface area contributed by atoms with Crippen LogP contribution in [-0.2, 0) is 16.2 Å². The van der Waals surface area contributed by atoms with Crippen LogP contribution in [0.1, 0.15) is 33.3 Å². The molecule has 0 aliphatic carbocycles. The van der Waals surface area contributed by atoms with E-state index in [0.29, 0.717) is 0 Å². The predicted molar refractivity (Wildman–Crippen MR) is 96.4 cm³/mol. The van der Waals surface area contributed by atoms with E-state index < -0.39 is 11.4 Å². The fourth-order valence-electron chi connectivity index (χ4n) is 2.49. The average molecular weight is 335 g/mol. The lowest BCUT2D eigenvalue weighted by Gasteiger charge is -2.35. The molecule has 126 valence electrons. The van der Waals surface area contributed by atoms with Gasteiger partial charge >= 0.3 is 0 Å². The van der Waals surface area contributed by atoms with Crippen molar-refractivity contribution in [1.82, 2.24) is 4.90 Å². The molecule has 1 atom stereocenters. The summed E-state index contributed by atoms with van der Waals surface area (Å²) in [6.45, 7) is 10.5. The first-order valence-corrected chi connectivity index (χ1v) is 9.12. The molecule has 1 aromatic rings. The van der Waals surface area contributed by atoms with Gasteiger partial charge in [-0.2, -0.15) is 0 Å². The molecule has 0 aromatic heterocycles. The van der Waals surface area contributed by atoms with Crippen LogP contribution in [0, 0.1) is 0 Å². The Bertz CT molecular complexity index is 564. The maximum absolute atomic E-state index is 11.8. The van der Waals surface area contributed by atoms with E-state index in [0.717, 1.165) is 43.1 Å². The topological polar surface area (TPSA) is 59.0 Å². The lowest BCUT2D eigenvalue weighted by Crippen LogP contribution is -2.48. The minimum atomic E-state index is -1.18. The van der Waals surface area contributed by atoms with E-state index in [4.69, 9.17) is 0 Å². The van der Waals surface area contributed by atoms with E-state index in [1.165, 1.54) is 0 Å². The van der Waals surface area contributed by atoms with Crippen molar-refractivity contribution in [3.05, 3.63) is 29.8 Å². The first-order valence-electron chi connectivity index (χ1n) is 7.95. The molecule has 1 fully saturated rings. The fourth-order valence-corrected chi connectivity index (χ4v) is 3.07. The minimum Gasteiger partial charge on any atom is -0.591 e. The van der Waals surface area contributed by atoms with Gasteiger partial charge < -0.3 is 14.4 Å². The molecule has 0 spiro atoms. The smallest absolute Gasteiger partial charge is 0.219 e. The summed E-state index contributed by atoms with van der Waals surface area (Å²) in [5.74, 6) is 0.144. The Hall–Kier alpha value is -1.53. The van der Waals surface area contributed by atoms with Crippen LogP contribution in [0.4, 0.5) is 5.69 Å². The zero-order valence-electron chi connectivity index (χ0n) is 14.3. The average Bonchev–Trinajstić information content (AvgIpc) is 2.55. The van der Waals surface area contributed by atoms with Crippen molar-refractivity contribution >= 4 is 28.7 Å². The van der Waals surface area contributed by atoms with Gasteiger partial charge in [-0.15, -0.1) is 0 Å². The van der Waals surface area contributed by atoms with Crippen LogP contribution >= 0.6 is 0 Å². The Morgan fingerprint density at radius 2 is 1.70 bits per heavy atom. The molecule has 1 saturated heterocycles. The number of rotatable bonds is 4. The quantitative estimate of drug-likeness (QED) is 0.626. The van der Waals surface area contributed by atoms with Crippen molar-refractivity contribution < 1.29 is 9.35 Å².